The highest BCUT2D eigenvalue weighted by Gasteiger charge is 2.18. The lowest BCUT2D eigenvalue weighted by Gasteiger charge is -2.08. The van der Waals surface area contributed by atoms with E-state index in [-0.39, 0.29) is 29.2 Å². The molecular formula is C19H25N5O3S2. The Morgan fingerprint density at radius 3 is 2.72 bits per heavy atom. The zero-order valence-electron chi connectivity index (χ0n) is 17.2. The Bertz CT molecular complexity index is 1070. The molecule has 3 heterocycles. The molecule has 156 valence electrons. The smallest absolute Gasteiger partial charge is 0.322 e. The highest BCUT2D eigenvalue weighted by Crippen LogP contribution is 2.30. The van der Waals surface area contributed by atoms with Crippen molar-refractivity contribution >= 4 is 45.2 Å². The second-order valence-electron chi connectivity index (χ2n) is 7.34. The van der Waals surface area contributed by atoms with Gasteiger partial charge in [-0.25, -0.2) is 4.98 Å². The molecule has 0 fully saturated rings. The van der Waals surface area contributed by atoms with Gasteiger partial charge in [0, 0.05) is 10.8 Å². The van der Waals surface area contributed by atoms with Crippen molar-refractivity contribution in [2.24, 2.45) is 5.92 Å². The van der Waals surface area contributed by atoms with Crippen LogP contribution in [-0.4, -0.2) is 31.8 Å². The van der Waals surface area contributed by atoms with Crippen LogP contribution in [0.4, 0.5) is 6.01 Å². The molecule has 3 aromatic rings. The lowest BCUT2D eigenvalue weighted by atomic mass is 9.98. The van der Waals surface area contributed by atoms with Crippen LogP contribution in [0, 0.1) is 12.8 Å². The maximum atomic E-state index is 12.7. The number of nitrogens with zero attached hydrogens (tertiary/aromatic N) is 3. The van der Waals surface area contributed by atoms with Crippen LogP contribution in [0.2, 0.25) is 0 Å². The van der Waals surface area contributed by atoms with Gasteiger partial charge in [-0.05, 0) is 24.8 Å². The standard InChI is InChI=1S/C19H25N5O3S2/c1-6-10(4)7-12-11(5)29-17-14(12)15(26)21-19(22-17)28-8-13(25)20-18-24-23-16(27-18)9(2)3/h9-10H,6-8H2,1-5H3,(H,20,24,25)(H,21,22,26). The van der Waals surface area contributed by atoms with Crippen LogP contribution in [0.1, 0.15) is 56.4 Å². The molecule has 0 aliphatic carbocycles. The lowest BCUT2D eigenvalue weighted by Crippen LogP contribution is -2.16. The van der Waals surface area contributed by atoms with E-state index in [4.69, 9.17) is 4.42 Å². The number of thiophene rings is 1. The molecule has 2 N–H and O–H groups in total. The number of amides is 1. The molecule has 0 saturated heterocycles. The number of rotatable bonds is 8. The van der Waals surface area contributed by atoms with Gasteiger partial charge >= 0.3 is 6.01 Å². The van der Waals surface area contributed by atoms with Crippen LogP contribution in [0.3, 0.4) is 0 Å². The molecule has 0 aliphatic rings. The summed E-state index contributed by atoms with van der Waals surface area (Å²) in [5.74, 6) is 0.813. The number of aromatic nitrogens is 4. The van der Waals surface area contributed by atoms with Gasteiger partial charge in [0.2, 0.25) is 11.8 Å². The number of nitrogens with one attached hydrogen (secondary N) is 2. The van der Waals surface area contributed by atoms with Crippen LogP contribution >= 0.6 is 23.1 Å². The second-order valence-corrected chi connectivity index (χ2v) is 9.51. The van der Waals surface area contributed by atoms with Crippen molar-refractivity contribution in [3.63, 3.8) is 0 Å². The predicted molar refractivity (Wildman–Crippen MR) is 116 cm³/mol. The largest absolute Gasteiger partial charge is 0.408 e. The van der Waals surface area contributed by atoms with E-state index in [9.17, 15) is 9.59 Å². The van der Waals surface area contributed by atoms with Crippen molar-refractivity contribution in [3.05, 3.63) is 26.7 Å². The van der Waals surface area contributed by atoms with Gasteiger partial charge in [-0.15, -0.1) is 16.4 Å². The molecule has 0 spiro atoms. The molecule has 3 aromatic heterocycles. The topological polar surface area (TPSA) is 114 Å². The number of carbonyl (C=O) groups is 1. The van der Waals surface area contributed by atoms with Gasteiger partial charge in [-0.2, -0.15) is 0 Å². The third kappa shape index (κ3) is 5.05. The molecule has 0 aromatic carbocycles. The van der Waals surface area contributed by atoms with Gasteiger partial charge < -0.3 is 9.40 Å². The first-order valence-corrected chi connectivity index (χ1v) is 11.4. The Hall–Kier alpha value is -2.20. The molecule has 29 heavy (non-hydrogen) atoms. The number of anilines is 1. The number of hydrogen-bond donors (Lipinski definition) is 2. The summed E-state index contributed by atoms with van der Waals surface area (Å²) in [6.45, 7) is 10.2. The minimum Gasteiger partial charge on any atom is -0.408 e. The molecule has 0 bridgehead atoms. The maximum Gasteiger partial charge on any atom is 0.322 e. The first-order chi connectivity index (χ1) is 13.8. The fraction of sp³-hybridized carbons (Fsp3) is 0.526. The number of fused-ring (bicyclic) bond motifs is 1. The number of hydrogen-bond acceptors (Lipinski definition) is 8. The number of aromatic amines is 1. The Morgan fingerprint density at radius 2 is 2.07 bits per heavy atom. The Balaban J connectivity index is 1.70. The van der Waals surface area contributed by atoms with Gasteiger partial charge in [0.05, 0.1) is 11.1 Å². The summed E-state index contributed by atoms with van der Waals surface area (Å²) in [6.07, 6.45) is 1.93. The summed E-state index contributed by atoms with van der Waals surface area (Å²) in [6, 6.07) is 0.0692. The molecule has 1 unspecified atom stereocenters. The molecule has 1 amide bonds. The van der Waals surface area contributed by atoms with E-state index in [1.54, 1.807) is 0 Å². The van der Waals surface area contributed by atoms with E-state index in [0.29, 0.717) is 27.2 Å². The van der Waals surface area contributed by atoms with E-state index in [1.807, 2.05) is 20.8 Å². The zero-order chi connectivity index (χ0) is 21.1. The number of aryl methyl sites for hydroxylation is 1. The monoisotopic (exact) mass is 435 g/mol. The molecule has 8 nitrogen and oxygen atoms in total. The fourth-order valence-corrected chi connectivity index (χ4v) is 4.54. The summed E-state index contributed by atoms with van der Waals surface area (Å²) in [4.78, 5) is 34.0. The van der Waals surface area contributed by atoms with Gasteiger partial charge in [0.25, 0.3) is 5.56 Å². The third-order valence-electron chi connectivity index (χ3n) is 4.61. The number of carbonyl (C=O) groups excluding carboxylic acids is 1. The van der Waals surface area contributed by atoms with Gasteiger partial charge in [-0.1, -0.05) is 51.0 Å². The van der Waals surface area contributed by atoms with Crippen molar-refractivity contribution in [3.8, 4) is 0 Å². The number of H-pyrrole nitrogens is 1. The quantitative estimate of drug-likeness (QED) is 0.404. The minimum atomic E-state index is -0.309. The van der Waals surface area contributed by atoms with Crippen LogP contribution in [0.5, 0.6) is 0 Å². The summed E-state index contributed by atoms with van der Waals surface area (Å²) in [7, 11) is 0. The minimum absolute atomic E-state index is 0.0674. The van der Waals surface area contributed by atoms with E-state index >= 15 is 0 Å². The van der Waals surface area contributed by atoms with Gasteiger partial charge in [-0.3, -0.25) is 14.9 Å². The average Bonchev–Trinajstić information content (AvgIpc) is 3.25. The van der Waals surface area contributed by atoms with Gasteiger partial charge in [0.1, 0.15) is 4.83 Å². The molecule has 0 radical (unpaired) electrons. The highest BCUT2D eigenvalue weighted by molar-refractivity contribution is 7.99. The average molecular weight is 436 g/mol. The SMILES string of the molecule is CCC(C)Cc1c(C)sc2nc(SCC(=O)Nc3nnc(C(C)C)o3)[nH]c(=O)c12. The second kappa shape index (κ2) is 9.08. The molecular weight excluding hydrogens is 410 g/mol. The van der Waals surface area contributed by atoms with Crippen molar-refractivity contribution in [1.82, 2.24) is 20.2 Å². The first-order valence-electron chi connectivity index (χ1n) is 9.56. The van der Waals surface area contributed by atoms with Crippen molar-refractivity contribution in [2.75, 3.05) is 11.1 Å². The van der Waals surface area contributed by atoms with Crippen LogP contribution in [-0.2, 0) is 11.2 Å². The van der Waals surface area contributed by atoms with E-state index < -0.39 is 0 Å². The predicted octanol–water partition coefficient (Wildman–Crippen LogP) is 4.12. The Kier molecular flexibility index (Phi) is 6.74. The molecule has 10 heteroatoms. The lowest BCUT2D eigenvalue weighted by molar-refractivity contribution is -0.113. The van der Waals surface area contributed by atoms with Crippen LogP contribution in [0.25, 0.3) is 10.2 Å². The Morgan fingerprint density at radius 1 is 1.31 bits per heavy atom. The summed E-state index contributed by atoms with van der Waals surface area (Å²) in [5.41, 5.74) is 0.929. The first kappa shape index (κ1) is 21.5. The molecule has 3 rings (SSSR count). The maximum absolute atomic E-state index is 12.7. The Labute approximate surface area is 176 Å². The summed E-state index contributed by atoms with van der Waals surface area (Å²) < 4.78 is 5.37. The molecule has 0 aliphatic heterocycles. The number of thioether (sulfide) groups is 1. The third-order valence-corrected chi connectivity index (χ3v) is 6.53. The van der Waals surface area contributed by atoms with Crippen LogP contribution in [0.15, 0.2) is 14.4 Å². The normalized spacial score (nSPS) is 12.6. The summed E-state index contributed by atoms with van der Waals surface area (Å²) >= 11 is 2.69. The fourth-order valence-electron chi connectivity index (χ4n) is 2.77. The van der Waals surface area contributed by atoms with Crippen molar-refractivity contribution in [2.45, 2.75) is 58.5 Å². The van der Waals surface area contributed by atoms with Gasteiger partial charge in [0.15, 0.2) is 5.16 Å². The van der Waals surface area contributed by atoms with Crippen LogP contribution < -0.4 is 10.9 Å². The van der Waals surface area contributed by atoms with E-state index in [1.165, 1.54) is 11.3 Å². The highest BCUT2D eigenvalue weighted by atomic mass is 32.2. The van der Waals surface area contributed by atoms with Crippen molar-refractivity contribution < 1.29 is 9.21 Å². The zero-order valence-corrected chi connectivity index (χ0v) is 18.8. The molecule has 0 saturated carbocycles. The van der Waals surface area contributed by atoms with E-state index in [2.05, 4.69) is 39.3 Å². The summed E-state index contributed by atoms with van der Waals surface area (Å²) in [5, 5.41) is 11.3. The molecule has 1 atom stereocenters. The van der Waals surface area contributed by atoms with Crippen molar-refractivity contribution in [1.29, 1.82) is 0 Å². The van der Waals surface area contributed by atoms with E-state index in [0.717, 1.165) is 35.0 Å².